The number of nitrogens with zero attached hydrogens (tertiary/aromatic N) is 2. The van der Waals surface area contributed by atoms with Crippen molar-refractivity contribution in [1.29, 1.82) is 0 Å². The van der Waals surface area contributed by atoms with Crippen molar-refractivity contribution in [3.63, 3.8) is 0 Å². The summed E-state index contributed by atoms with van der Waals surface area (Å²) in [6.07, 6.45) is 15.7. The maximum absolute atomic E-state index is 14.0. The van der Waals surface area contributed by atoms with Gasteiger partial charge in [-0.3, -0.25) is 9.59 Å². The highest BCUT2D eigenvalue weighted by molar-refractivity contribution is 7.98. The van der Waals surface area contributed by atoms with Crippen molar-refractivity contribution < 1.29 is 18.4 Å². The minimum Gasteiger partial charge on any atom is -0.342 e. The second-order valence-electron chi connectivity index (χ2n) is 11.6. The van der Waals surface area contributed by atoms with Crippen molar-refractivity contribution in [2.24, 2.45) is 5.92 Å². The van der Waals surface area contributed by atoms with Gasteiger partial charge in [-0.05, 0) is 107 Å². The second kappa shape index (κ2) is 15.8. The van der Waals surface area contributed by atoms with Crippen LogP contribution < -0.4 is 5.32 Å². The Morgan fingerprint density at radius 2 is 1.71 bits per heavy atom. The molecule has 0 spiro atoms. The second-order valence-corrected chi connectivity index (χ2v) is 12.6. The number of carbonyl (C=O) groups excluding carboxylic acids is 2. The monoisotopic (exact) mass is 627 g/mol. The van der Waals surface area contributed by atoms with Crippen molar-refractivity contribution in [2.45, 2.75) is 57.5 Å². The average molecular weight is 628 g/mol. The van der Waals surface area contributed by atoms with Crippen molar-refractivity contribution in [2.75, 3.05) is 12.0 Å². The lowest BCUT2D eigenvalue weighted by Gasteiger charge is -2.30. The molecule has 5 rings (SSSR count). The minimum atomic E-state index is -0.527. The van der Waals surface area contributed by atoms with Crippen LogP contribution in [0.2, 0.25) is 0 Å². The highest BCUT2D eigenvalue weighted by atomic mass is 32.2. The zero-order chi connectivity index (χ0) is 31.6. The number of halogens is 2. The summed E-state index contributed by atoms with van der Waals surface area (Å²) in [7, 11) is 0. The van der Waals surface area contributed by atoms with Gasteiger partial charge in [0.15, 0.2) is 5.78 Å². The van der Waals surface area contributed by atoms with Crippen LogP contribution in [0.5, 0.6) is 0 Å². The molecule has 1 amide bonds. The summed E-state index contributed by atoms with van der Waals surface area (Å²) in [5.74, 6) is 0.132. The molecule has 0 radical (unpaired) electrons. The van der Waals surface area contributed by atoms with Gasteiger partial charge in [-0.2, -0.15) is 11.8 Å². The molecule has 1 aromatic heterocycles. The lowest BCUT2D eigenvalue weighted by molar-refractivity contribution is -0.122. The summed E-state index contributed by atoms with van der Waals surface area (Å²) in [6.45, 7) is 0.501. The number of imidazole rings is 1. The molecule has 45 heavy (non-hydrogen) atoms. The van der Waals surface area contributed by atoms with Crippen molar-refractivity contribution in [3.8, 4) is 11.1 Å². The molecule has 1 unspecified atom stereocenters. The van der Waals surface area contributed by atoms with Crippen LogP contribution in [0.1, 0.15) is 66.4 Å². The first-order valence-electron chi connectivity index (χ1n) is 15.6. The number of benzene rings is 3. The van der Waals surface area contributed by atoms with E-state index in [2.05, 4.69) is 10.3 Å². The van der Waals surface area contributed by atoms with E-state index in [1.165, 1.54) is 24.3 Å². The summed E-state index contributed by atoms with van der Waals surface area (Å²) in [5.41, 5.74) is 4.35. The molecular formula is C37H39F2N3O2S. The molecule has 1 atom stereocenters. The summed E-state index contributed by atoms with van der Waals surface area (Å²) in [6, 6.07) is 17.4. The Kier molecular flexibility index (Phi) is 11.4. The van der Waals surface area contributed by atoms with Crippen LogP contribution >= 0.6 is 11.8 Å². The number of aromatic nitrogens is 2. The van der Waals surface area contributed by atoms with Gasteiger partial charge in [0.25, 0.3) is 5.91 Å². The largest absolute Gasteiger partial charge is 0.342 e. The van der Waals surface area contributed by atoms with Crippen LogP contribution in [-0.4, -0.2) is 39.3 Å². The number of rotatable bonds is 13. The Morgan fingerprint density at radius 3 is 2.38 bits per heavy atom. The molecule has 1 N–H and O–H groups in total. The zero-order valence-corrected chi connectivity index (χ0v) is 26.4. The molecule has 4 aromatic rings. The molecule has 1 aliphatic carbocycles. The first-order valence-corrected chi connectivity index (χ1v) is 17.0. The highest BCUT2D eigenvalue weighted by Gasteiger charge is 2.31. The van der Waals surface area contributed by atoms with Gasteiger partial charge in [0, 0.05) is 30.9 Å². The fraction of sp³-hybridized carbons (Fsp3) is 0.324. The molecular weight excluding hydrogens is 588 g/mol. The van der Waals surface area contributed by atoms with E-state index in [9.17, 15) is 18.4 Å². The summed E-state index contributed by atoms with van der Waals surface area (Å²) in [4.78, 5) is 31.6. The van der Waals surface area contributed by atoms with E-state index >= 15 is 0 Å². The van der Waals surface area contributed by atoms with Crippen LogP contribution in [0.25, 0.3) is 22.8 Å². The Balaban J connectivity index is 1.51. The number of allylic oxidation sites excluding steroid dienone is 1. The topological polar surface area (TPSA) is 64.0 Å². The quantitative estimate of drug-likeness (QED) is 0.119. The van der Waals surface area contributed by atoms with E-state index in [1.807, 2.05) is 35.2 Å². The van der Waals surface area contributed by atoms with Crippen molar-refractivity contribution >= 4 is 35.1 Å². The summed E-state index contributed by atoms with van der Waals surface area (Å²) < 4.78 is 29.6. The number of Topliss-reactive ketones (excluding diaryl/α,β-unsaturated/α-hetero) is 1. The van der Waals surface area contributed by atoms with Gasteiger partial charge in [-0.1, -0.05) is 49.6 Å². The summed E-state index contributed by atoms with van der Waals surface area (Å²) in [5, 5.41) is 3.14. The average Bonchev–Trinajstić information content (AvgIpc) is 3.57. The molecule has 8 heteroatoms. The van der Waals surface area contributed by atoms with Gasteiger partial charge in [-0.15, -0.1) is 0 Å². The van der Waals surface area contributed by atoms with Gasteiger partial charge < -0.3 is 9.88 Å². The number of nitrogens with one attached hydrogen (secondary N) is 1. The molecule has 0 bridgehead atoms. The van der Waals surface area contributed by atoms with Crippen LogP contribution in [0.15, 0.2) is 85.5 Å². The van der Waals surface area contributed by atoms with Crippen molar-refractivity contribution in [3.05, 3.63) is 114 Å². The molecule has 1 heterocycles. The number of hydrogen-bond donors (Lipinski definition) is 1. The fourth-order valence-electron chi connectivity index (χ4n) is 6.07. The smallest absolute Gasteiger partial charge is 0.252 e. The number of carbonyl (C=O) groups is 2. The van der Waals surface area contributed by atoms with E-state index in [-0.39, 0.29) is 29.2 Å². The van der Waals surface area contributed by atoms with Crippen LogP contribution in [0.4, 0.5) is 8.78 Å². The number of ketones is 1. The number of amides is 1. The Labute approximate surface area is 268 Å². The van der Waals surface area contributed by atoms with Crippen molar-refractivity contribution in [1.82, 2.24) is 14.9 Å². The van der Waals surface area contributed by atoms with Crippen LogP contribution in [0.3, 0.4) is 0 Å². The first kappa shape index (κ1) is 32.4. The Bertz CT molecular complexity index is 1600. The van der Waals surface area contributed by atoms with E-state index in [4.69, 9.17) is 0 Å². The van der Waals surface area contributed by atoms with E-state index in [1.54, 1.807) is 54.6 Å². The molecule has 1 saturated carbocycles. The van der Waals surface area contributed by atoms with Crippen LogP contribution in [-0.2, 0) is 11.3 Å². The summed E-state index contributed by atoms with van der Waals surface area (Å²) >= 11 is 1.72. The fourth-order valence-corrected chi connectivity index (χ4v) is 6.51. The maximum atomic E-state index is 14.0. The Morgan fingerprint density at radius 1 is 1.00 bits per heavy atom. The highest BCUT2D eigenvalue weighted by Crippen LogP contribution is 2.31. The maximum Gasteiger partial charge on any atom is 0.252 e. The third-order valence-electron chi connectivity index (χ3n) is 8.44. The minimum absolute atomic E-state index is 0.0932. The molecule has 234 valence electrons. The van der Waals surface area contributed by atoms with Gasteiger partial charge in [0.1, 0.15) is 11.6 Å². The van der Waals surface area contributed by atoms with Gasteiger partial charge in [0.05, 0.1) is 12.4 Å². The molecule has 0 saturated heterocycles. The Hall–Kier alpha value is -4.04. The number of thioether (sulfide) groups is 1. The lowest BCUT2D eigenvalue weighted by atomic mass is 9.81. The van der Waals surface area contributed by atoms with Gasteiger partial charge >= 0.3 is 0 Å². The predicted octanol–water partition coefficient (Wildman–Crippen LogP) is 8.46. The number of hydrogen-bond acceptors (Lipinski definition) is 4. The standard InChI is InChI=1S/C37H39F2N3O2S/c1-45-21-5-8-35(43)36(29-6-3-2-4-7-29)41-37(44)33-18-9-26(23-34(33)28-12-16-32(39)17-13-28)22-30(24-42-20-19-40-25-42)27-10-14-31(38)15-11-27/h9-20,22-23,25,29,36H,2-8,21,24H2,1H3,(H,41,44)/b30-22-. The molecule has 3 aromatic carbocycles. The lowest BCUT2D eigenvalue weighted by Crippen LogP contribution is -2.46. The SMILES string of the molecule is CSCCCC(=O)C(NC(=O)c1ccc(/C=C(/Cn2ccnc2)c2ccc(F)cc2)cc1-c1ccc(F)cc1)C1CCCCC1. The normalized spacial score (nSPS) is 14.7. The third kappa shape index (κ3) is 8.78. The van der Waals surface area contributed by atoms with Crippen LogP contribution in [0, 0.1) is 17.6 Å². The van der Waals surface area contributed by atoms with Gasteiger partial charge in [0.2, 0.25) is 0 Å². The predicted molar refractivity (Wildman–Crippen MR) is 179 cm³/mol. The van der Waals surface area contributed by atoms with E-state index in [0.29, 0.717) is 29.7 Å². The van der Waals surface area contributed by atoms with Gasteiger partial charge in [-0.25, -0.2) is 13.8 Å². The van der Waals surface area contributed by atoms with E-state index < -0.39 is 6.04 Å². The third-order valence-corrected chi connectivity index (χ3v) is 9.13. The molecule has 5 nitrogen and oxygen atoms in total. The van der Waals surface area contributed by atoms with E-state index in [0.717, 1.165) is 61.0 Å². The first-order chi connectivity index (χ1) is 21.9. The molecule has 0 aliphatic heterocycles. The zero-order valence-electron chi connectivity index (χ0n) is 25.6. The molecule has 1 aliphatic rings. The molecule has 1 fully saturated rings.